The van der Waals surface area contributed by atoms with E-state index in [0.717, 1.165) is 30.2 Å². The lowest BCUT2D eigenvalue weighted by atomic mass is 10.1. The van der Waals surface area contributed by atoms with Gasteiger partial charge in [0, 0.05) is 25.7 Å². The van der Waals surface area contributed by atoms with Gasteiger partial charge in [-0.15, -0.1) is 0 Å². The van der Waals surface area contributed by atoms with Gasteiger partial charge in [-0.25, -0.2) is 0 Å². The number of amides is 1. The number of hydrogen-bond acceptors (Lipinski definition) is 3. The maximum absolute atomic E-state index is 11.2. The number of nitrogens with two attached hydrogens (primary N) is 1. The standard InChI is InChI=1S/C15H20ClN3O/c16-13-7-10(8-18-12-2-3-12)1-4-14(13)19-6-5-11(9-19)15(17)20/h1,4,7,11-12,18H,2-3,5-6,8-9H2,(H2,17,20). The van der Waals surface area contributed by atoms with Gasteiger partial charge in [0.2, 0.25) is 5.91 Å². The number of rotatable bonds is 5. The van der Waals surface area contributed by atoms with Crippen molar-refractivity contribution >= 4 is 23.2 Å². The average Bonchev–Trinajstić information content (AvgIpc) is 3.11. The summed E-state index contributed by atoms with van der Waals surface area (Å²) in [6.45, 7) is 2.39. The number of anilines is 1. The van der Waals surface area contributed by atoms with Crippen LogP contribution in [0.3, 0.4) is 0 Å². The predicted octanol–water partition coefficient (Wildman–Crippen LogP) is 1.90. The number of halogens is 1. The van der Waals surface area contributed by atoms with Crippen LogP contribution >= 0.6 is 11.6 Å². The van der Waals surface area contributed by atoms with Gasteiger partial charge >= 0.3 is 0 Å². The van der Waals surface area contributed by atoms with Gasteiger partial charge in [0.05, 0.1) is 16.6 Å². The first-order valence-electron chi connectivity index (χ1n) is 7.19. The van der Waals surface area contributed by atoms with Crippen LogP contribution in [0, 0.1) is 5.92 Å². The molecule has 20 heavy (non-hydrogen) atoms. The van der Waals surface area contributed by atoms with Crippen LogP contribution in [0.1, 0.15) is 24.8 Å². The Labute approximate surface area is 124 Å². The highest BCUT2D eigenvalue weighted by Gasteiger charge is 2.27. The number of hydrogen-bond donors (Lipinski definition) is 2. The molecule has 1 saturated carbocycles. The van der Waals surface area contributed by atoms with E-state index in [1.807, 2.05) is 6.07 Å². The Balaban J connectivity index is 1.66. The lowest BCUT2D eigenvalue weighted by Gasteiger charge is -2.20. The lowest BCUT2D eigenvalue weighted by molar-refractivity contribution is -0.121. The van der Waals surface area contributed by atoms with Gasteiger partial charge in [-0.1, -0.05) is 17.7 Å². The summed E-state index contributed by atoms with van der Waals surface area (Å²) in [7, 11) is 0. The highest BCUT2D eigenvalue weighted by Crippen LogP contribution is 2.31. The summed E-state index contributed by atoms with van der Waals surface area (Å²) in [6.07, 6.45) is 3.39. The van der Waals surface area contributed by atoms with Gasteiger partial charge in [0.1, 0.15) is 0 Å². The number of benzene rings is 1. The van der Waals surface area contributed by atoms with Gasteiger partial charge < -0.3 is 16.0 Å². The summed E-state index contributed by atoms with van der Waals surface area (Å²) in [4.78, 5) is 13.4. The zero-order valence-electron chi connectivity index (χ0n) is 11.4. The monoisotopic (exact) mass is 293 g/mol. The number of nitrogens with one attached hydrogen (secondary N) is 1. The second-order valence-corrected chi connectivity index (χ2v) is 6.18. The minimum absolute atomic E-state index is 0.0534. The summed E-state index contributed by atoms with van der Waals surface area (Å²) in [6, 6.07) is 6.87. The third-order valence-corrected chi connectivity index (χ3v) is 4.42. The molecule has 1 amide bonds. The lowest BCUT2D eigenvalue weighted by Crippen LogP contribution is -2.27. The Hall–Kier alpha value is -1.26. The maximum Gasteiger partial charge on any atom is 0.222 e. The molecule has 1 atom stereocenters. The summed E-state index contributed by atoms with van der Waals surface area (Å²) >= 11 is 6.38. The first-order chi connectivity index (χ1) is 9.63. The van der Waals surface area contributed by atoms with Crippen LogP contribution in [0.25, 0.3) is 0 Å². The molecule has 0 radical (unpaired) electrons. The zero-order valence-corrected chi connectivity index (χ0v) is 12.2. The van der Waals surface area contributed by atoms with Crippen molar-refractivity contribution in [1.82, 2.24) is 5.32 Å². The van der Waals surface area contributed by atoms with Crippen molar-refractivity contribution in [2.24, 2.45) is 11.7 Å². The van der Waals surface area contributed by atoms with E-state index >= 15 is 0 Å². The van der Waals surface area contributed by atoms with Crippen LogP contribution in [0.2, 0.25) is 5.02 Å². The van der Waals surface area contributed by atoms with E-state index in [0.29, 0.717) is 12.6 Å². The second-order valence-electron chi connectivity index (χ2n) is 5.77. The molecule has 3 rings (SSSR count). The molecule has 1 unspecified atom stereocenters. The number of primary amides is 1. The molecular weight excluding hydrogens is 274 g/mol. The summed E-state index contributed by atoms with van der Waals surface area (Å²) in [5.74, 6) is -0.267. The van der Waals surface area contributed by atoms with Crippen LogP contribution in [0.5, 0.6) is 0 Å². The van der Waals surface area contributed by atoms with E-state index in [2.05, 4.69) is 22.3 Å². The van der Waals surface area contributed by atoms with Gasteiger partial charge in [0.15, 0.2) is 0 Å². The molecule has 1 saturated heterocycles. The summed E-state index contributed by atoms with van der Waals surface area (Å²) in [5, 5.41) is 4.23. The zero-order chi connectivity index (χ0) is 14.1. The van der Waals surface area contributed by atoms with Crippen molar-refractivity contribution in [2.45, 2.75) is 31.8 Å². The van der Waals surface area contributed by atoms with Gasteiger partial charge in [-0.05, 0) is 37.0 Å². The van der Waals surface area contributed by atoms with Crippen molar-refractivity contribution in [2.75, 3.05) is 18.0 Å². The normalized spacial score (nSPS) is 22.2. The second kappa shape index (κ2) is 5.62. The third-order valence-electron chi connectivity index (χ3n) is 4.12. The van der Waals surface area contributed by atoms with Crippen LogP contribution in [-0.2, 0) is 11.3 Å². The molecular formula is C15H20ClN3O. The Kier molecular flexibility index (Phi) is 3.85. The Morgan fingerprint density at radius 1 is 1.40 bits per heavy atom. The Morgan fingerprint density at radius 3 is 2.80 bits per heavy atom. The third kappa shape index (κ3) is 3.07. The predicted molar refractivity (Wildman–Crippen MR) is 80.8 cm³/mol. The molecule has 0 spiro atoms. The number of nitrogens with zero attached hydrogens (tertiary/aromatic N) is 1. The number of carbonyl (C=O) groups is 1. The Bertz CT molecular complexity index is 516. The first-order valence-corrected chi connectivity index (χ1v) is 7.57. The fourth-order valence-corrected chi connectivity index (χ4v) is 3.00. The van der Waals surface area contributed by atoms with Crippen LogP contribution in [-0.4, -0.2) is 25.0 Å². The molecule has 2 fully saturated rings. The van der Waals surface area contributed by atoms with E-state index in [1.165, 1.54) is 18.4 Å². The molecule has 1 aliphatic heterocycles. The SMILES string of the molecule is NC(=O)C1CCN(c2ccc(CNC3CC3)cc2Cl)C1. The molecule has 108 valence electrons. The fraction of sp³-hybridized carbons (Fsp3) is 0.533. The topological polar surface area (TPSA) is 58.4 Å². The number of carbonyl (C=O) groups excluding carboxylic acids is 1. The van der Waals surface area contributed by atoms with E-state index < -0.39 is 0 Å². The van der Waals surface area contributed by atoms with Crippen molar-refractivity contribution in [3.63, 3.8) is 0 Å². The highest BCUT2D eigenvalue weighted by molar-refractivity contribution is 6.33. The van der Waals surface area contributed by atoms with Crippen molar-refractivity contribution in [1.29, 1.82) is 0 Å². The van der Waals surface area contributed by atoms with Crippen LogP contribution in [0.4, 0.5) is 5.69 Å². The first kappa shape index (κ1) is 13.7. The quantitative estimate of drug-likeness (QED) is 0.872. The minimum atomic E-state index is -0.214. The maximum atomic E-state index is 11.2. The molecule has 3 N–H and O–H groups in total. The Morgan fingerprint density at radius 2 is 2.20 bits per heavy atom. The fourth-order valence-electron chi connectivity index (χ4n) is 2.68. The highest BCUT2D eigenvalue weighted by atomic mass is 35.5. The molecule has 5 heteroatoms. The summed E-state index contributed by atoms with van der Waals surface area (Å²) in [5.41, 5.74) is 7.58. The van der Waals surface area contributed by atoms with Gasteiger partial charge in [-0.2, -0.15) is 0 Å². The minimum Gasteiger partial charge on any atom is -0.370 e. The van der Waals surface area contributed by atoms with Crippen LogP contribution < -0.4 is 16.0 Å². The van der Waals surface area contributed by atoms with Crippen LogP contribution in [0.15, 0.2) is 18.2 Å². The molecule has 2 aliphatic rings. The van der Waals surface area contributed by atoms with E-state index in [-0.39, 0.29) is 11.8 Å². The summed E-state index contributed by atoms with van der Waals surface area (Å²) < 4.78 is 0. The molecule has 0 aromatic heterocycles. The van der Waals surface area contributed by atoms with Crippen molar-refractivity contribution in [3.05, 3.63) is 28.8 Å². The smallest absolute Gasteiger partial charge is 0.222 e. The molecule has 1 heterocycles. The molecule has 1 aromatic rings. The van der Waals surface area contributed by atoms with Gasteiger partial charge in [-0.3, -0.25) is 4.79 Å². The molecule has 1 aliphatic carbocycles. The van der Waals surface area contributed by atoms with Gasteiger partial charge in [0.25, 0.3) is 0 Å². The average molecular weight is 294 g/mol. The molecule has 1 aromatic carbocycles. The largest absolute Gasteiger partial charge is 0.370 e. The molecule has 0 bridgehead atoms. The van der Waals surface area contributed by atoms with E-state index in [9.17, 15) is 4.79 Å². The van der Waals surface area contributed by atoms with E-state index in [1.54, 1.807) is 0 Å². The van der Waals surface area contributed by atoms with E-state index in [4.69, 9.17) is 17.3 Å². The van der Waals surface area contributed by atoms with Crippen molar-refractivity contribution in [3.8, 4) is 0 Å². The van der Waals surface area contributed by atoms with Crippen molar-refractivity contribution < 1.29 is 4.79 Å². The molecule has 4 nitrogen and oxygen atoms in total.